The van der Waals surface area contributed by atoms with Crippen molar-refractivity contribution in [3.05, 3.63) is 35.9 Å². The molecule has 0 spiro atoms. The molecule has 0 aromatic heterocycles. The van der Waals surface area contributed by atoms with E-state index < -0.39 is 0 Å². The molecule has 1 aromatic carbocycles. The van der Waals surface area contributed by atoms with E-state index in [1.807, 2.05) is 6.07 Å². The average Bonchev–Trinajstić information content (AvgIpc) is 2.38. The van der Waals surface area contributed by atoms with Crippen LogP contribution in [0.25, 0.3) is 0 Å². The van der Waals surface area contributed by atoms with Gasteiger partial charge in [-0.1, -0.05) is 78.1 Å². The number of ether oxygens (including phenoxy) is 1. The van der Waals surface area contributed by atoms with Crippen LogP contribution in [0.1, 0.15) is 24.5 Å². The van der Waals surface area contributed by atoms with Gasteiger partial charge in [-0.05, 0) is 18.4 Å². The lowest BCUT2D eigenvalue weighted by molar-refractivity contribution is -0.150. The third kappa shape index (κ3) is 2.95. The van der Waals surface area contributed by atoms with E-state index in [2.05, 4.69) is 77.0 Å². The Hall–Kier alpha value is 0.580. The summed E-state index contributed by atoms with van der Waals surface area (Å²) in [5.41, 5.74) is 1.24. The lowest BCUT2D eigenvalue weighted by Gasteiger charge is -2.50. The number of hydrogen-bond acceptors (Lipinski definition) is 2. The van der Waals surface area contributed by atoms with Crippen LogP contribution in [0.4, 0.5) is 0 Å². The van der Waals surface area contributed by atoms with E-state index >= 15 is 0 Å². The molecule has 2 aliphatic heterocycles. The second kappa shape index (κ2) is 5.76. The van der Waals surface area contributed by atoms with E-state index in [1.54, 1.807) is 0 Å². The highest BCUT2D eigenvalue weighted by molar-refractivity contribution is 9.25. The van der Waals surface area contributed by atoms with Crippen LogP contribution < -0.4 is 0 Å². The Morgan fingerprint density at radius 2 is 1.95 bits per heavy atom. The number of rotatable bonds is 1. The second-order valence-electron chi connectivity index (χ2n) is 5.20. The van der Waals surface area contributed by atoms with Crippen LogP contribution in [-0.2, 0) is 4.74 Å². The number of nitrogens with zero attached hydrogens (tertiary/aromatic N) is 1. The quantitative estimate of drug-likeness (QED) is 0.583. The summed E-state index contributed by atoms with van der Waals surface area (Å²) in [6, 6.07) is 10.5. The minimum atomic E-state index is -0.127. The molecule has 2 heterocycles. The lowest BCUT2D eigenvalue weighted by atomic mass is 10.0. The smallest absolute Gasteiger partial charge is 0.136 e. The fourth-order valence-corrected chi connectivity index (χ4v) is 5.03. The largest absolute Gasteiger partial charge is 0.352 e. The molecule has 2 saturated heterocycles. The van der Waals surface area contributed by atoms with Crippen LogP contribution in [-0.4, -0.2) is 32.3 Å². The van der Waals surface area contributed by atoms with Gasteiger partial charge in [0, 0.05) is 13.1 Å². The van der Waals surface area contributed by atoms with Gasteiger partial charge in [-0.15, -0.1) is 0 Å². The third-order valence-corrected chi connectivity index (χ3v) is 6.14. The summed E-state index contributed by atoms with van der Waals surface area (Å²) in [6.45, 7) is 2.12. The van der Waals surface area contributed by atoms with Gasteiger partial charge < -0.3 is 4.74 Å². The number of alkyl halides is 3. The monoisotopic (exact) mass is 451 g/mol. The zero-order chi connectivity index (χ0) is 13.5. The number of hydrogen-bond donors (Lipinski definition) is 0. The summed E-state index contributed by atoms with van der Waals surface area (Å²) in [6.07, 6.45) is 2.46. The molecule has 1 aromatic rings. The zero-order valence-corrected chi connectivity index (χ0v) is 15.2. The van der Waals surface area contributed by atoms with Gasteiger partial charge in [0.1, 0.15) is 9.46 Å². The molecule has 3 atom stereocenters. The highest BCUT2D eigenvalue weighted by Gasteiger charge is 2.47. The van der Waals surface area contributed by atoms with Crippen molar-refractivity contribution in [3.63, 3.8) is 0 Å². The van der Waals surface area contributed by atoms with E-state index in [0.717, 1.165) is 19.5 Å². The summed E-state index contributed by atoms with van der Waals surface area (Å²) in [4.78, 5) is 2.74. The minimum absolute atomic E-state index is 0.0836. The first-order valence-electron chi connectivity index (χ1n) is 6.54. The number of fused-ring (bicyclic) bond motifs is 1. The molecule has 0 aliphatic carbocycles. The van der Waals surface area contributed by atoms with Crippen molar-refractivity contribution in [3.8, 4) is 0 Å². The van der Waals surface area contributed by atoms with Gasteiger partial charge in [-0.3, -0.25) is 4.90 Å². The summed E-state index contributed by atoms with van der Waals surface area (Å²) in [5.74, 6) is 0. The summed E-state index contributed by atoms with van der Waals surface area (Å²) in [7, 11) is 0. The molecular weight excluding hydrogens is 438 g/mol. The first-order valence-corrected chi connectivity index (χ1v) is 9.04. The summed E-state index contributed by atoms with van der Waals surface area (Å²) < 4.78 is 6.26. The summed E-state index contributed by atoms with van der Waals surface area (Å²) in [5, 5.41) is 0. The number of halogens is 3. The topological polar surface area (TPSA) is 12.5 Å². The molecule has 2 aliphatic rings. The van der Waals surface area contributed by atoms with Gasteiger partial charge >= 0.3 is 0 Å². The van der Waals surface area contributed by atoms with Crippen molar-refractivity contribution >= 4 is 47.8 Å². The standard InChI is InChI=1S/C14H16Br3NO/c15-11-9-18-8-4-7-14(16,17)13(18)19-12(11)10-5-2-1-3-6-10/h1-3,5-6,11-13H,4,7-9H2/t11-,12+,13-/m1/s1. The molecule has 0 N–H and O–H groups in total. The minimum Gasteiger partial charge on any atom is -0.352 e. The molecule has 104 valence electrons. The Kier molecular flexibility index (Phi) is 4.40. The van der Waals surface area contributed by atoms with Crippen LogP contribution in [0.15, 0.2) is 30.3 Å². The Morgan fingerprint density at radius 1 is 1.21 bits per heavy atom. The molecule has 0 bridgehead atoms. The molecular formula is C14H16Br3NO. The van der Waals surface area contributed by atoms with E-state index in [0.29, 0.717) is 4.83 Å². The van der Waals surface area contributed by atoms with Crippen molar-refractivity contribution in [2.45, 2.75) is 33.2 Å². The molecule has 0 amide bonds. The van der Waals surface area contributed by atoms with Crippen LogP contribution >= 0.6 is 47.8 Å². The Labute approximate surface area is 139 Å². The van der Waals surface area contributed by atoms with E-state index in [-0.39, 0.29) is 15.6 Å². The van der Waals surface area contributed by atoms with Gasteiger partial charge in [-0.2, -0.15) is 0 Å². The first-order chi connectivity index (χ1) is 9.08. The fraction of sp³-hybridized carbons (Fsp3) is 0.571. The molecule has 19 heavy (non-hydrogen) atoms. The molecule has 0 saturated carbocycles. The number of benzene rings is 1. The molecule has 0 radical (unpaired) electrons. The van der Waals surface area contributed by atoms with Gasteiger partial charge in [-0.25, -0.2) is 0 Å². The average molecular weight is 454 g/mol. The first kappa shape index (κ1) is 14.5. The van der Waals surface area contributed by atoms with Crippen molar-refractivity contribution < 1.29 is 4.74 Å². The maximum atomic E-state index is 6.39. The Balaban J connectivity index is 1.85. The van der Waals surface area contributed by atoms with Crippen LogP contribution in [0.3, 0.4) is 0 Å². The highest BCUT2D eigenvalue weighted by atomic mass is 79.9. The predicted octanol–water partition coefficient (Wildman–Crippen LogP) is 4.43. The van der Waals surface area contributed by atoms with Crippen molar-refractivity contribution in [1.82, 2.24) is 4.90 Å². The molecule has 0 unspecified atom stereocenters. The molecule has 2 nitrogen and oxygen atoms in total. The van der Waals surface area contributed by atoms with E-state index in [1.165, 1.54) is 12.0 Å². The van der Waals surface area contributed by atoms with Crippen molar-refractivity contribution in [2.75, 3.05) is 13.1 Å². The van der Waals surface area contributed by atoms with Crippen molar-refractivity contribution in [2.24, 2.45) is 0 Å². The van der Waals surface area contributed by atoms with Crippen LogP contribution in [0, 0.1) is 0 Å². The van der Waals surface area contributed by atoms with Gasteiger partial charge in [0.2, 0.25) is 0 Å². The summed E-state index contributed by atoms with van der Waals surface area (Å²) >= 11 is 11.4. The second-order valence-corrected chi connectivity index (χ2v) is 10.3. The lowest BCUT2D eigenvalue weighted by Crippen LogP contribution is -2.58. The van der Waals surface area contributed by atoms with Gasteiger partial charge in [0.15, 0.2) is 0 Å². The maximum absolute atomic E-state index is 6.39. The van der Waals surface area contributed by atoms with Crippen LogP contribution in [0.2, 0.25) is 0 Å². The van der Waals surface area contributed by atoms with E-state index in [4.69, 9.17) is 4.74 Å². The molecule has 5 heteroatoms. The Bertz CT molecular complexity index is 440. The van der Waals surface area contributed by atoms with Gasteiger partial charge in [0.25, 0.3) is 0 Å². The number of piperidine rings is 1. The molecule has 3 rings (SSSR count). The predicted molar refractivity (Wildman–Crippen MR) is 88.2 cm³/mol. The molecule has 2 fully saturated rings. The van der Waals surface area contributed by atoms with Gasteiger partial charge in [0.05, 0.1) is 10.9 Å². The highest BCUT2D eigenvalue weighted by Crippen LogP contribution is 2.47. The maximum Gasteiger partial charge on any atom is 0.136 e. The Morgan fingerprint density at radius 3 is 2.68 bits per heavy atom. The fourth-order valence-electron chi connectivity index (χ4n) is 2.87. The van der Waals surface area contributed by atoms with E-state index in [9.17, 15) is 0 Å². The van der Waals surface area contributed by atoms with Crippen molar-refractivity contribution in [1.29, 1.82) is 0 Å². The zero-order valence-electron chi connectivity index (χ0n) is 10.4. The van der Waals surface area contributed by atoms with Crippen LogP contribution in [0.5, 0.6) is 0 Å². The SMILES string of the molecule is Br[C@@H]1CN2CCCC(Br)(Br)[C@H]2O[C@H]1c1ccccc1. The normalized spacial score (nSPS) is 34.8. The third-order valence-electron chi connectivity index (χ3n) is 3.79.